The van der Waals surface area contributed by atoms with Gasteiger partial charge in [-0.1, -0.05) is 24.3 Å². The normalized spacial score (nSPS) is 11.5. The molecule has 0 fully saturated rings. The number of alkyl halides is 4. The van der Waals surface area contributed by atoms with Crippen LogP contribution in [0.25, 0.3) is 22.0 Å². The van der Waals surface area contributed by atoms with Gasteiger partial charge in [0.25, 0.3) is 5.91 Å². The molecule has 0 unspecified atom stereocenters. The molecule has 1 aromatic heterocycles. The maximum absolute atomic E-state index is 13.4. The maximum atomic E-state index is 13.4. The zero-order valence-corrected chi connectivity index (χ0v) is 20.4. The lowest BCUT2D eigenvalue weighted by Crippen LogP contribution is -2.24. The third-order valence-electron chi connectivity index (χ3n) is 6.21. The Labute approximate surface area is 212 Å². The lowest BCUT2D eigenvalue weighted by atomic mass is 10.0. The van der Waals surface area contributed by atoms with E-state index in [0.717, 1.165) is 58.6 Å². The molecular weight excluding hydrogens is 484 g/mol. The monoisotopic (exact) mass is 510 g/mol. The SMILES string of the molecule is CCN(CC)c1ncnc2ccc(-c3cccc(CNC(=O)c4ccc(C(F)(F)F)cc4CF)c3)cc12. The topological polar surface area (TPSA) is 58.1 Å². The summed E-state index contributed by atoms with van der Waals surface area (Å²) in [7, 11) is 0. The van der Waals surface area contributed by atoms with Crippen LogP contribution in [0, 0.1) is 0 Å². The van der Waals surface area contributed by atoms with Crippen LogP contribution < -0.4 is 10.2 Å². The number of carbonyl (C=O) groups is 1. The van der Waals surface area contributed by atoms with Crippen molar-refractivity contribution in [1.29, 1.82) is 0 Å². The highest BCUT2D eigenvalue weighted by Gasteiger charge is 2.31. The minimum absolute atomic E-state index is 0.120. The Morgan fingerprint density at radius 2 is 1.70 bits per heavy atom. The summed E-state index contributed by atoms with van der Waals surface area (Å²) in [4.78, 5) is 23.7. The zero-order chi connectivity index (χ0) is 26.6. The number of hydrogen-bond donors (Lipinski definition) is 1. The summed E-state index contributed by atoms with van der Waals surface area (Å²) >= 11 is 0. The van der Waals surface area contributed by atoms with Gasteiger partial charge in [-0.3, -0.25) is 4.79 Å². The second-order valence-electron chi connectivity index (χ2n) is 8.49. The highest BCUT2D eigenvalue weighted by molar-refractivity contribution is 5.96. The fraction of sp³-hybridized carbons (Fsp3) is 0.250. The molecule has 5 nitrogen and oxygen atoms in total. The first kappa shape index (κ1) is 26.1. The average Bonchev–Trinajstić information content (AvgIpc) is 2.91. The predicted molar refractivity (Wildman–Crippen MR) is 136 cm³/mol. The van der Waals surface area contributed by atoms with Crippen LogP contribution in [0.5, 0.6) is 0 Å². The number of nitrogens with zero attached hydrogens (tertiary/aromatic N) is 3. The standard InChI is InChI=1S/C28H26F4N4O/c1-3-36(4-2)26-24-14-20(8-11-25(24)34-17-35-26)19-7-5-6-18(12-19)16-33-27(37)23-10-9-22(28(30,31)32)13-21(23)15-29/h5-14,17H,3-4,15-16H2,1-2H3,(H,33,37). The molecule has 9 heteroatoms. The number of benzene rings is 3. The smallest absolute Gasteiger partial charge is 0.357 e. The van der Waals surface area contributed by atoms with E-state index < -0.39 is 24.3 Å². The molecule has 192 valence electrons. The molecule has 0 bridgehead atoms. The number of rotatable bonds is 8. The lowest BCUT2D eigenvalue weighted by molar-refractivity contribution is -0.137. The van der Waals surface area contributed by atoms with Crippen molar-refractivity contribution < 1.29 is 22.4 Å². The van der Waals surface area contributed by atoms with Crippen molar-refractivity contribution in [3.8, 4) is 11.1 Å². The highest BCUT2D eigenvalue weighted by atomic mass is 19.4. The van der Waals surface area contributed by atoms with Crippen molar-refractivity contribution in [2.75, 3.05) is 18.0 Å². The summed E-state index contributed by atoms with van der Waals surface area (Å²) in [5.41, 5.74) is 2.08. The van der Waals surface area contributed by atoms with E-state index in [1.54, 1.807) is 6.33 Å². The molecule has 4 rings (SSSR count). The minimum Gasteiger partial charge on any atom is -0.357 e. The molecule has 0 radical (unpaired) electrons. The molecule has 37 heavy (non-hydrogen) atoms. The van der Waals surface area contributed by atoms with Crippen LogP contribution in [0.4, 0.5) is 23.4 Å². The van der Waals surface area contributed by atoms with Crippen molar-refractivity contribution in [3.63, 3.8) is 0 Å². The summed E-state index contributed by atoms with van der Waals surface area (Å²) < 4.78 is 52.2. The first-order chi connectivity index (χ1) is 17.7. The number of amides is 1. The molecule has 1 amide bonds. The van der Waals surface area contributed by atoms with Gasteiger partial charge in [-0.2, -0.15) is 13.2 Å². The third-order valence-corrected chi connectivity index (χ3v) is 6.21. The van der Waals surface area contributed by atoms with Gasteiger partial charge < -0.3 is 10.2 Å². The molecule has 1 heterocycles. The van der Waals surface area contributed by atoms with Crippen LogP contribution in [0.2, 0.25) is 0 Å². The van der Waals surface area contributed by atoms with Crippen molar-refractivity contribution in [1.82, 2.24) is 15.3 Å². The van der Waals surface area contributed by atoms with Crippen molar-refractivity contribution in [2.45, 2.75) is 33.2 Å². The Balaban J connectivity index is 1.56. The molecule has 0 aliphatic rings. The minimum atomic E-state index is -4.61. The van der Waals surface area contributed by atoms with Gasteiger partial charge in [0.05, 0.1) is 11.1 Å². The van der Waals surface area contributed by atoms with Gasteiger partial charge >= 0.3 is 6.18 Å². The Morgan fingerprint density at radius 1 is 0.946 bits per heavy atom. The largest absolute Gasteiger partial charge is 0.416 e. The Morgan fingerprint density at radius 3 is 2.41 bits per heavy atom. The van der Waals surface area contributed by atoms with Gasteiger partial charge in [0.1, 0.15) is 18.8 Å². The lowest BCUT2D eigenvalue weighted by Gasteiger charge is -2.21. The average molecular weight is 511 g/mol. The molecule has 0 saturated heterocycles. The van der Waals surface area contributed by atoms with Crippen molar-refractivity contribution in [3.05, 3.63) is 89.2 Å². The molecule has 0 spiro atoms. The van der Waals surface area contributed by atoms with Gasteiger partial charge in [-0.25, -0.2) is 14.4 Å². The summed E-state index contributed by atoms with van der Waals surface area (Å²) in [6, 6.07) is 16.0. The highest BCUT2D eigenvalue weighted by Crippen LogP contribution is 2.31. The van der Waals surface area contributed by atoms with E-state index in [1.165, 1.54) is 0 Å². The van der Waals surface area contributed by atoms with Gasteiger partial charge in [-0.15, -0.1) is 0 Å². The van der Waals surface area contributed by atoms with Crippen molar-refractivity contribution >= 4 is 22.6 Å². The second kappa shape index (κ2) is 10.9. The Bertz CT molecular complexity index is 1420. The van der Waals surface area contributed by atoms with E-state index in [2.05, 4.69) is 34.0 Å². The molecule has 1 N–H and O–H groups in total. The van der Waals surface area contributed by atoms with Crippen LogP contribution in [0.3, 0.4) is 0 Å². The molecule has 0 aliphatic carbocycles. The number of hydrogen-bond acceptors (Lipinski definition) is 4. The van der Waals surface area contributed by atoms with E-state index in [1.807, 2.05) is 42.5 Å². The molecule has 0 aliphatic heterocycles. The van der Waals surface area contributed by atoms with Gasteiger partial charge in [0, 0.05) is 30.6 Å². The number of nitrogens with one attached hydrogen (secondary N) is 1. The summed E-state index contributed by atoms with van der Waals surface area (Å²) in [6.07, 6.45) is -3.05. The zero-order valence-electron chi connectivity index (χ0n) is 20.4. The Hall–Kier alpha value is -4.01. The second-order valence-corrected chi connectivity index (χ2v) is 8.49. The summed E-state index contributed by atoms with van der Waals surface area (Å²) in [5, 5.41) is 3.62. The number of halogens is 4. The first-order valence-electron chi connectivity index (χ1n) is 11.9. The van der Waals surface area contributed by atoms with Gasteiger partial charge in [-0.05, 0) is 72.5 Å². The number of anilines is 1. The fourth-order valence-electron chi connectivity index (χ4n) is 4.24. The van der Waals surface area contributed by atoms with Crippen LogP contribution >= 0.6 is 0 Å². The molecular formula is C28H26F4N4O. The predicted octanol–water partition coefficient (Wildman–Crippen LogP) is 6.56. The quantitative estimate of drug-likeness (QED) is 0.273. The number of fused-ring (bicyclic) bond motifs is 1. The van der Waals surface area contributed by atoms with E-state index in [-0.39, 0.29) is 17.7 Å². The van der Waals surface area contributed by atoms with Crippen molar-refractivity contribution in [2.24, 2.45) is 0 Å². The van der Waals surface area contributed by atoms with E-state index in [4.69, 9.17) is 0 Å². The van der Waals surface area contributed by atoms with E-state index >= 15 is 0 Å². The molecule has 0 saturated carbocycles. The van der Waals surface area contributed by atoms with Gasteiger partial charge in [0.2, 0.25) is 0 Å². The molecule has 3 aromatic carbocycles. The van der Waals surface area contributed by atoms with Gasteiger partial charge in [0.15, 0.2) is 0 Å². The fourth-order valence-corrected chi connectivity index (χ4v) is 4.24. The maximum Gasteiger partial charge on any atom is 0.416 e. The van der Waals surface area contributed by atoms with Crippen LogP contribution in [-0.4, -0.2) is 29.0 Å². The summed E-state index contributed by atoms with van der Waals surface area (Å²) in [6.45, 7) is 4.71. The third kappa shape index (κ3) is 5.71. The first-order valence-corrected chi connectivity index (χ1v) is 11.9. The van der Waals surface area contributed by atoms with Crippen LogP contribution in [0.1, 0.15) is 40.9 Å². The van der Waals surface area contributed by atoms with Crippen LogP contribution in [-0.2, 0) is 19.4 Å². The van der Waals surface area contributed by atoms with Crippen LogP contribution in [0.15, 0.2) is 67.0 Å². The molecule has 0 atom stereocenters. The molecule has 4 aromatic rings. The van der Waals surface area contributed by atoms with E-state index in [9.17, 15) is 22.4 Å². The van der Waals surface area contributed by atoms with E-state index in [0.29, 0.717) is 6.07 Å². The number of carbonyl (C=O) groups excluding carboxylic acids is 1. The number of aromatic nitrogens is 2. The summed E-state index contributed by atoms with van der Waals surface area (Å²) in [5.74, 6) is 0.221. The Kier molecular flexibility index (Phi) is 7.71.